The van der Waals surface area contributed by atoms with Crippen LogP contribution in [0.25, 0.3) is 10.1 Å². The van der Waals surface area contributed by atoms with E-state index in [1.807, 2.05) is 11.3 Å². The SMILES string of the molecule is O=C(NCCCCN1CCCC1)C(c1cc2ccccc2s1)C1CCCCC1. The van der Waals surface area contributed by atoms with E-state index in [2.05, 4.69) is 40.5 Å². The number of benzene rings is 1. The van der Waals surface area contributed by atoms with E-state index >= 15 is 0 Å². The molecule has 1 N–H and O–H groups in total. The minimum Gasteiger partial charge on any atom is -0.356 e. The van der Waals surface area contributed by atoms with Crippen molar-refractivity contribution >= 4 is 27.3 Å². The zero-order valence-corrected chi connectivity index (χ0v) is 17.8. The van der Waals surface area contributed by atoms with Crippen molar-refractivity contribution in [2.24, 2.45) is 5.92 Å². The number of carbonyl (C=O) groups is 1. The molecular weight excluding hydrogens is 364 g/mol. The van der Waals surface area contributed by atoms with Crippen molar-refractivity contribution in [3.8, 4) is 0 Å². The predicted molar refractivity (Wildman–Crippen MR) is 119 cm³/mol. The van der Waals surface area contributed by atoms with Crippen LogP contribution in [0.2, 0.25) is 0 Å². The Morgan fingerprint density at radius 1 is 1.07 bits per heavy atom. The summed E-state index contributed by atoms with van der Waals surface area (Å²) >= 11 is 1.82. The summed E-state index contributed by atoms with van der Waals surface area (Å²) in [5, 5.41) is 4.58. The molecule has 28 heavy (non-hydrogen) atoms. The lowest BCUT2D eigenvalue weighted by Crippen LogP contribution is -2.34. The highest BCUT2D eigenvalue weighted by molar-refractivity contribution is 7.19. The molecule has 1 unspecified atom stereocenters. The minimum absolute atomic E-state index is 0.0382. The number of fused-ring (bicyclic) bond motifs is 1. The molecule has 2 heterocycles. The average molecular weight is 399 g/mol. The summed E-state index contributed by atoms with van der Waals surface area (Å²) in [7, 11) is 0. The van der Waals surface area contributed by atoms with E-state index in [0.717, 1.165) is 13.0 Å². The van der Waals surface area contributed by atoms with Crippen molar-refractivity contribution in [1.29, 1.82) is 0 Å². The van der Waals surface area contributed by atoms with Crippen LogP contribution in [-0.2, 0) is 4.79 Å². The largest absolute Gasteiger partial charge is 0.356 e. The number of carbonyl (C=O) groups excluding carboxylic acids is 1. The minimum atomic E-state index is 0.0382. The quantitative estimate of drug-likeness (QED) is 0.591. The molecule has 1 amide bonds. The number of nitrogens with zero attached hydrogens (tertiary/aromatic N) is 1. The van der Waals surface area contributed by atoms with Crippen molar-refractivity contribution in [2.45, 2.75) is 63.7 Å². The number of hydrogen-bond acceptors (Lipinski definition) is 3. The van der Waals surface area contributed by atoms with Gasteiger partial charge in [0, 0.05) is 16.1 Å². The van der Waals surface area contributed by atoms with E-state index in [9.17, 15) is 4.79 Å². The maximum Gasteiger partial charge on any atom is 0.228 e. The monoisotopic (exact) mass is 398 g/mol. The van der Waals surface area contributed by atoms with E-state index in [1.54, 1.807) is 0 Å². The molecule has 3 nitrogen and oxygen atoms in total. The molecule has 1 atom stereocenters. The lowest BCUT2D eigenvalue weighted by atomic mass is 9.78. The van der Waals surface area contributed by atoms with Crippen LogP contribution < -0.4 is 5.32 Å². The molecule has 4 heteroatoms. The van der Waals surface area contributed by atoms with Gasteiger partial charge in [-0.15, -0.1) is 11.3 Å². The Bertz CT molecular complexity index is 726. The third-order valence-corrected chi connectivity index (χ3v) is 7.75. The summed E-state index contributed by atoms with van der Waals surface area (Å²) in [5.74, 6) is 0.808. The van der Waals surface area contributed by atoms with Crippen LogP contribution in [0.15, 0.2) is 30.3 Å². The van der Waals surface area contributed by atoms with Crippen LogP contribution in [-0.4, -0.2) is 37.0 Å². The van der Waals surface area contributed by atoms with Gasteiger partial charge < -0.3 is 10.2 Å². The molecule has 0 radical (unpaired) electrons. The van der Waals surface area contributed by atoms with Gasteiger partial charge in [-0.3, -0.25) is 4.79 Å². The maximum absolute atomic E-state index is 13.2. The molecule has 0 bridgehead atoms. The highest BCUT2D eigenvalue weighted by Gasteiger charge is 2.32. The molecule has 1 saturated heterocycles. The van der Waals surface area contributed by atoms with Gasteiger partial charge in [0.1, 0.15) is 0 Å². The van der Waals surface area contributed by atoms with Gasteiger partial charge in [0.15, 0.2) is 0 Å². The van der Waals surface area contributed by atoms with Crippen molar-refractivity contribution < 1.29 is 4.79 Å². The highest BCUT2D eigenvalue weighted by Crippen LogP contribution is 2.40. The molecule has 1 aliphatic heterocycles. The molecule has 4 rings (SSSR count). The number of unbranched alkanes of at least 4 members (excludes halogenated alkanes) is 1. The zero-order chi connectivity index (χ0) is 19.2. The van der Waals surface area contributed by atoms with Gasteiger partial charge in [-0.2, -0.15) is 0 Å². The molecule has 1 aliphatic carbocycles. The van der Waals surface area contributed by atoms with Gasteiger partial charge in [0.05, 0.1) is 5.92 Å². The van der Waals surface area contributed by atoms with E-state index in [0.29, 0.717) is 5.92 Å². The maximum atomic E-state index is 13.2. The summed E-state index contributed by atoms with van der Waals surface area (Å²) in [6.45, 7) is 4.54. The molecule has 2 aromatic rings. The highest BCUT2D eigenvalue weighted by atomic mass is 32.1. The second kappa shape index (κ2) is 9.89. The number of likely N-dealkylation sites (tertiary alicyclic amines) is 1. The summed E-state index contributed by atoms with van der Waals surface area (Å²) in [5.41, 5.74) is 0. The third kappa shape index (κ3) is 4.96. The van der Waals surface area contributed by atoms with Crippen molar-refractivity contribution in [3.05, 3.63) is 35.2 Å². The molecule has 152 valence electrons. The smallest absolute Gasteiger partial charge is 0.228 e. The van der Waals surface area contributed by atoms with Crippen LogP contribution >= 0.6 is 11.3 Å². The van der Waals surface area contributed by atoms with E-state index in [4.69, 9.17) is 0 Å². The Morgan fingerprint density at radius 3 is 2.64 bits per heavy atom. The summed E-state index contributed by atoms with van der Waals surface area (Å²) in [4.78, 5) is 17.0. The number of rotatable bonds is 8. The molecule has 2 fully saturated rings. The number of nitrogens with one attached hydrogen (secondary N) is 1. The molecule has 2 aliphatic rings. The average Bonchev–Trinajstić information content (AvgIpc) is 3.38. The fraction of sp³-hybridized carbons (Fsp3) is 0.625. The van der Waals surface area contributed by atoms with Gasteiger partial charge in [-0.05, 0) is 81.6 Å². The van der Waals surface area contributed by atoms with Crippen LogP contribution in [0, 0.1) is 5.92 Å². The predicted octanol–water partition coefficient (Wildman–Crippen LogP) is 5.56. The molecule has 1 saturated carbocycles. The fourth-order valence-corrected chi connectivity index (χ4v) is 6.24. The van der Waals surface area contributed by atoms with Gasteiger partial charge in [-0.1, -0.05) is 37.5 Å². The second-order valence-electron chi connectivity index (χ2n) is 8.61. The molecule has 0 spiro atoms. The lowest BCUT2D eigenvalue weighted by molar-refractivity contribution is -0.124. The molecule has 1 aromatic carbocycles. The number of thiophene rings is 1. The Morgan fingerprint density at radius 2 is 1.86 bits per heavy atom. The third-order valence-electron chi connectivity index (χ3n) is 6.55. The van der Waals surface area contributed by atoms with Crippen LogP contribution in [0.5, 0.6) is 0 Å². The van der Waals surface area contributed by atoms with Crippen molar-refractivity contribution in [2.75, 3.05) is 26.2 Å². The van der Waals surface area contributed by atoms with Crippen molar-refractivity contribution in [3.63, 3.8) is 0 Å². The van der Waals surface area contributed by atoms with Gasteiger partial charge in [0.25, 0.3) is 0 Å². The molecule has 1 aromatic heterocycles. The first kappa shape index (κ1) is 19.9. The number of hydrogen-bond donors (Lipinski definition) is 1. The fourth-order valence-electron chi connectivity index (χ4n) is 4.99. The van der Waals surface area contributed by atoms with Gasteiger partial charge in [0.2, 0.25) is 5.91 Å². The Kier molecular flexibility index (Phi) is 7.03. The zero-order valence-electron chi connectivity index (χ0n) is 17.0. The van der Waals surface area contributed by atoms with E-state index in [1.165, 1.54) is 86.0 Å². The lowest BCUT2D eigenvalue weighted by Gasteiger charge is -2.29. The number of amides is 1. The van der Waals surface area contributed by atoms with Crippen LogP contribution in [0.3, 0.4) is 0 Å². The summed E-state index contributed by atoms with van der Waals surface area (Å²) in [6, 6.07) is 10.8. The Labute approximate surface area is 173 Å². The first-order valence-corrected chi connectivity index (χ1v) is 12.1. The van der Waals surface area contributed by atoms with Crippen molar-refractivity contribution in [1.82, 2.24) is 10.2 Å². The summed E-state index contributed by atoms with van der Waals surface area (Å²) in [6.07, 6.45) is 11.3. The van der Waals surface area contributed by atoms with Gasteiger partial charge in [-0.25, -0.2) is 0 Å². The standard InChI is InChI=1S/C24H34N2OS/c27-24(25-14-6-7-15-26-16-8-9-17-26)23(19-10-2-1-3-11-19)22-18-20-12-4-5-13-21(20)28-22/h4-5,12-13,18-19,23H,1-3,6-11,14-17H2,(H,25,27). The normalized spacial score (nSPS) is 19.9. The van der Waals surface area contributed by atoms with Crippen LogP contribution in [0.1, 0.15) is 68.6 Å². The first-order chi connectivity index (χ1) is 13.8. The van der Waals surface area contributed by atoms with Crippen LogP contribution in [0.4, 0.5) is 0 Å². The second-order valence-corrected chi connectivity index (χ2v) is 9.72. The Balaban J connectivity index is 1.37. The van der Waals surface area contributed by atoms with E-state index < -0.39 is 0 Å². The molecular formula is C24H34N2OS. The Hall–Kier alpha value is -1.39. The van der Waals surface area contributed by atoms with E-state index in [-0.39, 0.29) is 11.8 Å². The van der Waals surface area contributed by atoms with Gasteiger partial charge >= 0.3 is 0 Å². The topological polar surface area (TPSA) is 32.3 Å². The first-order valence-electron chi connectivity index (χ1n) is 11.3. The summed E-state index contributed by atoms with van der Waals surface area (Å²) < 4.78 is 1.30.